The van der Waals surface area contributed by atoms with Crippen molar-refractivity contribution in [1.29, 1.82) is 0 Å². The molecule has 0 aliphatic carbocycles. The summed E-state index contributed by atoms with van der Waals surface area (Å²) in [4.78, 5) is 0. The molecule has 0 saturated heterocycles. The summed E-state index contributed by atoms with van der Waals surface area (Å²) in [5.74, 6) is 0. The number of aliphatic hydroxyl groups excluding tert-OH is 1. The van der Waals surface area contributed by atoms with Crippen molar-refractivity contribution in [2.45, 2.75) is 18.6 Å². The third kappa shape index (κ3) is 4.70. The van der Waals surface area contributed by atoms with Gasteiger partial charge in [-0.3, -0.25) is 0 Å². The Morgan fingerprint density at radius 2 is 2.00 bits per heavy atom. The van der Waals surface area contributed by atoms with Gasteiger partial charge in [0.25, 0.3) is 0 Å². The topological polar surface area (TPSA) is 46.2 Å². The van der Waals surface area contributed by atoms with Crippen LogP contribution in [-0.2, 0) is 19.5 Å². The molecule has 0 spiro atoms. The van der Waals surface area contributed by atoms with E-state index in [0.29, 0.717) is 6.42 Å². The summed E-state index contributed by atoms with van der Waals surface area (Å²) < 4.78 is 0. The van der Waals surface area contributed by atoms with Crippen LogP contribution in [0.1, 0.15) is 6.42 Å². The molecular weight excluding hydrogens is 155 g/mol. The van der Waals surface area contributed by atoms with Crippen molar-refractivity contribution in [3.8, 4) is 0 Å². The van der Waals surface area contributed by atoms with E-state index in [1.165, 1.54) is 0 Å². The number of rotatable bonds is 2. The first-order valence-electron chi connectivity index (χ1n) is 2.24. The zero-order chi connectivity index (χ0) is 5.86. The van der Waals surface area contributed by atoms with Crippen LogP contribution in [-0.4, -0.2) is 17.3 Å². The summed E-state index contributed by atoms with van der Waals surface area (Å²) in [6, 6.07) is -0.264. The first-order valence-corrected chi connectivity index (χ1v) is 2.24. The molecule has 2 nitrogen and oxygen atoms in total. The summed E-state index contributed by atoms with van der Waals surface area (Å²) in [7, 11) is 0. The number of hydrogen-bond donors (Lipinski definition) is 2. The number of nitrogens with two attached hydrogens (primary N) is 1. The Bertz CT molecular complexity index is 49.7. The van der Waals surface area contributed by atoms with Crippen molar-refractivity contribution in [3.63, 3.8) is 0 Å². The maximum atomic E-state index is 8.54. The van der Waals surface area contributed by atoms with E-state index in [1.54, 1.807) is 0 Å². The first-order chi connectivity index (χ1) is 3.18. The first kappa shape index (κ1) is 11.4. The monoisotopic (exact) mass is 165 g/mol. The molecular formula is C5H11NOZn. The van der Waals surface area contributed by atoms with Gasteiger partial charge < -0.3 is 24.7 Å². The molecule has 0 saturated carbocycles. The van der Waals surface area contributed by atoms with Gasteiger partial charge in [-0.2, -0.15) is 6.42 Å². The van der Waals surface area contributed by atoms with Crippen LogP contribution in [0.3, 0.4) is 0 Å². The van der Waals surface area contributed by atoms with Gasteiger partial charge >= 0.3 is 19.5 Å². The van der Waals surface area contributed by atoms with Gasteiger partial charge in [-0.05, 0) is 6.04 Å². The van der Waals surface area contributed by atoms with E-state index in [-0.39, 0.29) is 25.5 Å². The van der Waals surface area contributed by atoms with Gasteiger partial charge in [-0.15, -0.1) is 0 Å². The molecule has 3 N–H and O–H groups in total. The molecule has 0 amide bonds. The van der Waals surface area contributed by atoms with Gasteiger partial charge in [0.2, 0.25) is 0 Å². The van der Waals surface area contributed by atoms with Crippen LogP contribution in [0, 0.1) is 13.8 Å². The van der Waals surface area contributed by atoms with Gasteiger partial charge in [0.05, 0.1) is 0 Å². The molecule has 0 aliphatic heterocycles. The maximum Gasteiger partial charge on any atom is 2.00 e. The predicted octanol–water partition coefficient (Wildman–Crippen LogP) is -0.270. The van der Waals surface area contributed by atoms with Crippen LogP contribution in [0.5, 0.6) is 0 Å². The van der Waals surface area contributed by atoms with Crippen LogP contribution < -0.4 is 5.73 Å². The summed E-state index contributed by atoms with van der Waals surface area (Å²) in [6.45, 7) is 6.78. The predicted molar refractivity (Wildman–Crippen MR) is 29.3 cm³/mol. The molecule has 0 aliphatic rings. The molecule has 0 aromatic rings. The third-order valence-corrected chi connectivity index (χ3v) is 0.828. The SMILES string of the molecule is [CH2-]C[C@@H](N)[C@@H]([CH2-])O.[Zn+2]. The average Bonchev–Trinajstić information content (AvgIpc) is 1.65. The Morgan fingerprint density at radius 1 is 1.62 bits per heavy atom. The van der Waals surface area contributed by atoms with E-state index >= 15 is 0 Å². The zero-order valence-corrected chi connectivity index (χ0v) is 7.97. The summed E-state index contributed by atoms with van der Waals surface area (Å²) in [5, 5.41) is 8.54. The molecule has 8 heavy (non-hydrogen) atoms. The van der Waals surface area contributed by atoms with Crippen LogP contribution in [0.15, 0.2) is 0 Å². The normalized spacial score (nSPS) is 16.5. The minimum Gasteiger partial charge on any atom is -0.424 e. The molecule has 0 rings (SSSR count). The molecule has 0 aromatic carbocycles. The van der Waals surface area contributed by atoms with Crippen LogP contribution >= 0.6 is 0 Å². The van der Waals surface area contributed by atoms with Crippen molar-refractivity contribution in [3.05, 3.63) is 13.8 Å². The number of aliphatic hydroxyl groups is 1. The Kier molecular flexibility index (Phi) is 8.06. The minimum absolute atomic E-state index is 0. The van der Waals surface area contributed by atoms with Crippen molar-refractivity contribution in [2.75, 3.05) is 0 Å². The maximum absolute atomic E-state index is 8.54. The number of hydrogen-bond acceptors (Lipinski definition) is 2. The summed E-state index contributed by atoms with van der Waals surface area (Å²) in [6.07, 6.45) is -0.137. The standard InChI is InChI=1S/C5H11NO.Zn/c1-3-5(6)4(2)7;/h4-5,7H,1-3,6H2;/q-2;+2/t4-,5-;/m1./s1. The van der Waals surface area contributed by atoms with E-state index in [9.17, 15) is 0 Å². The average molecular weight is 167 g/mol. The van der Waals surface area contributed by atoms with E-state index in [1.807, 2.05) is 0 Å². The van der Waals surface area contributed by atoms with E-state index in [0.717, 1.165) is 0 Å². The fraction of sp³-hybridized carbons (Fsp3) is 0.600. The summed E-state index contributed by atoms with van der Waals surface area (Å²) in [5.41, 5.74) is 5.24. The smallest absolute Gasteiger partial charge is 0.424 e. The van der Waals surface area contributed by atoms with Crippen LogP contribution in [0.4, 0.5) is 0 Å². The van der Waals surface area contributed by atoms with Crippen molar-refractivity contribution >= 4 is 0 Å². The Labute approximate surface area is 63.2 Å². The second-order valence-corrected chi connectivity index (χ2v) is 1.52. The Balaban J connectivity index is 0. The largest absolute Gasteiger partial charge is 2.00 e. The van der Waals surface area contributed by atoms with Crippen LogP contribution in [0.2, 0.25) is 0 Å². The minimum atomic E-state index is -0.669. The van der Waals surface area contributed by atoms with Crippen molar-refractivity contribution in [1.82, 2.24) is 0 Å². The fourth-order valence-electron chi connectivity index (χ4n) is 0.192. The molecule has 0 aromatic heterocycles. The summed E-state index contributed by atoms with van der Waals surface area (Å²) >= 11 is 0. The molecule has 44 valence electrons. The molecule has 0 unspecified atom stereocenters. The van der Waals surface area contributed by atoms with E-state index in [2.05, 4.69) is 13.8 Å². The molecule has 0 heterocycles. The molecule has 0 radical (unpaired) electrons. The second kappa shape index (κ2) is 5.68. The zero-order valence-electron chi connectivity index (χ0n) is 5.01. The molecule has 0 fully saturated rings. The van der Waals surface area contributed by atoms with Gasteiger partial charge in [0, 0.05) is 0 Å². The Hall–Kier alpha value is 0.543. The van der Waals surface area contributed by atoms with Gasteiger partial charge in [-0.25, -0.2) is 0 Å². The van der Waals surface area contributed by atoms with Crippen LogP contribution in [0.25, 0.3) is 0 Å². The molecule has 3 heteroatoms. The van der Waals surface area contributed by atoms with Gasteiger partial charge in [-0.1, -0.05) is 6.10 Å². The molecule has 0 bridgehead atoms. The van der Waals surface area contributed by atoms with E-state index in [4.69, 9.17) is 10.8 Å². The molecule has 2 atom stereocenters. The van der Waals surface area contributed by atoms with Gasteiger partial charge in [0.1, 0.15) is 0 Å². The fourth-order valence-corrected chi connectivity index (χ4v) is 0.192. The van der Waals surface area contributed by atoms with Crippen molar-refractivity contribution in [2.24, 2.45) is 5.73 Å². The Morgan fingerprint density at radius 3 is 2.00 bits per heavy atom. The van der Waals surface area contributed by atoms with E-state index < -0.39 is 6.10 Å². The third-order valence-electron chi connectivity index (χ3n) is 0.828. The van der Waals surface area contributed by atoms with Crippen molar-refractivity contribution < 1.29 is 24.6 Å². The quantitative estimate of drug-likeness (QED) is 0.438. The second-order valence-electron chi connectivity index (χ2n) is 1.52. The van der Waals surface area contributed by atoms with Gasteiger partial charge in [0.15, 0.2) is 0 Å².